The summed E-state index contributed by atoms with van der Waals surface area (Å²) in [7, 11) is 0. The van der Waals surface area contributed by atoms with Gasteiger partial charge in [-0.1, -0.05) is 27.7 Å². The first-order valence-corrected chi connectivity index (χ1v) is 5.98. The molecule has 0 bridgehead atoms. The number of aromatic amines is 1. The molecule has 1 N–H and O–H groups in total. The molecule has 90 valence electrons. The molecule has 0 saturated carbocycles. The van der Waals surface area contributed by atoms with Crippen LogP contribution in [-0.2, 0) is 12.8 Å². The minimum atomic E-state index is 0.0151. The largest absolute Gasteiger partial charge is 0.310 e. The van der Waals surface area contributed by atoms with Gasteiger partial charge in [-0.05, 0) is 25.2 Å². The van der Waals surface area contributed by atoms with Crippen LogP contribution >= 0.6 is 0 Å². The van der Waals surface area contributed by atoms with Gasteiger partial charge in [-0.2, -0.15) is 0 Å². The summed E-state index contributed by atoms with van der Waals surface area (Å²) in [5.41, 5.74) is 1.73. The van der Waals surface area contributed by atoms with E-state index in [0.29, 0.717) is 11.8 Å². The van der Waals surface area contributed by atoms with Crippen molar-refractivity contribution in [1.82, 2.24) is 9.97 Å². The number of H-pyrrole nitrogens is 1. The molecule has 0 radical (unpaired) electrons. The van der Waals surface area contributed by atoms with Crippen molar-refractivity contribution in [3.8, 4) is 0 Å². The Morgan fingerprint density at radius 3 is 2.19 bits per heavy atom. The first-order chi connectivity index (χ1) is 7.40. The van der Waals surface area contributed by atoms with Gasteiger partial charge in [0.15, 0.2) is 0 Å². The van der Waals surface area contributed by atoms with Gasteiger partial charge in [0.1, 0.15) is 5.82 Å². The maximum absolute atomic E-state index is 11.7. The van der Waals surface area contributed by atoms with Crippen molar-refractivity contribution in [3.63, 3.8) is 0 Å². The van der Waals surface area contributed by atoms with Gasteiger partial charge in [-0.15, -0.1) is 0 Å². The lowest BCUT2D eigenvalue weighted by Gasteiger charge is -2.10. The van der Waals surface area contributed by atoms with Crippen LogP contribution in [0.3, 0.4) is 0 Å². The summed E-state index contributed by atoms with van der Waals surface area (Å²) in [6, 6.07) is 0. The first kappa shape index (κ1) is 12.9. The number of rotatable bonds is 4. The number of hydrogen-bond acceptors (Lipinski definition) is 2. The normalized spacial score (nSPS) is 11.4. The number of nitrogens with zero attached hydrogens (tertiary/aromatic N) is 1. The average molecular weight is 222 g/mol. The lowest BCUT2D eigenvalue weighted by atomic mass is 10.0. The van der Waals surface area contributed by atoms with Crippen LogP contribution in [0.1, 0.15) is 44.8 Å². The SMILES string of the molecule is Cc1c(CC(C)C)nc(CC(C)C)[nH]c1=O. The Morgan fingerprint density at radius 1 is 1.12 bits per heavy atom. The highest BCUT2D eigenvalue weighted by atomic mass is 16.1. The Balaban J connectivity index is 3.07. The maximum atomic E-state index is 11.7. The molecular weight excluding hydrogens is 200 g/mol. The maximum Gasteiger partial charge on any atom is 0.254 e. The summed E-state index contributed by atoms with van der Waals surface area (Å²) in [5.74, 6) is 1.86. The van der Waals surface area contributed by atoms with Crippen LogP contribution < -0.4 is 5.56 Å². The number of nitrogens with one attached hydrogen (secondary N) is 1. The summed E-state index contributed by atoms with van der Waals surface area (Å²) in [6.07, 6.45) is 1.71. The molecule has 3 heteroatoms. The molecule has 1 aromatic rings. The van der Waals surface area contributed by atoms with Gasteiger partial charge in [0.2, 0.25) is 0 Å². The Morgan fingerprint density at radius 2 is 1.69 bits per heavy atom. The van der Waals surface area contributed by atoms with Gasteiger partial charge in [-0.25, -0.2) is 4.98 Å². The first-order valence-electron chi connectivity index (χ1n) is 5.98. The second-order valence-corrected chi connectivity index (χ2v) is 5.28. The average Bonchev–Trinajstić information content (AvgIpc) is 2.11. The smallest absolute Gasteiger partial charge is 0.254 e. The van der Waals surface area contributed by atoms with E-state index in [1.807, 2.05) is 6.92 Å². The van der Waals surface area contributed by atoms with Crippen LogP contribution in [0.5, 0.6) is 0 Å². The topological polar surface area (TPSA) is 45.8 Å². The van der Waals surface area contributed by atoms with Gasteiger partial charge in [0, 0.05) is 12.0 Å². The zero-order valence-electron chi connectivity index (χ0n) is 10.9. The lowest BCUT2D eigenvalue weighted by Crippen LogP contribution is -2.19. The quantitative estimate of drug-likeness (QED) is 0.850. The minimum Gasteiger partial charge on any atom is -0.310 e. The molecule has 0 fully saturated rings. The summed E-state index contributed by atoms with van der Waals surface area (Å²) >= 11 is 0. The molecule has 0 atom stereocenters. The van der Waals surface area contributed by atoms with Crippen molar-refractivity contribution in [3.05, 3.63) is 27.4 Å². The van der Waals surface area contributed by atoms with E-state index < -0.39 is 0 Å². The molecule has 0 aliphatic rings. The van der Waals surface area contributed by atoms with Gasteiger partial charge in [0.05, 0.1) is 5.69 Å². The van der Waals surface area contributed by atoms with E-state index in [4.69, 9.17) is 0 Å². The molecule has 0 unspecified atom stereocenters. The molecule has 0 aliphatic heterocycles. The molecular formula is C13H22N2O. The third kappa shape index (κ3) is 3.47. The molecule has 1 aromatic heterocycles. The lowest BCUT2D eigenvalue weighted by molar-refractivity contribution is 0.595. The highest BCUT2D eigenvalue weighted by Gasteiger charge is 2.09. The number of hydrogen-bond donors (Lipinski definition) is 1. The molecule has 3 nitrogen and oxygen atoms in total. The van der Waals surface area contributed by atoms with Gasteiger partial charge >= 0.3 is 0 Å². The summed E-state index contributed by atoms with van der Waals surface area (Å²) < 4.78 is 0. The standard InChI is InChI=1S/C13H22N2O/c1-8(2)6-11-10(5)13(16)15-12(14-11)7-9(3)4/h8-9H,6-7H2,1-5H3,(H,14,15,16). The second-order valence-electron chi connectivity index (χ2n) is 5.28. The van der Waals surface area contributed by atoms with Crippen LogP contribution in [0.4, 0.5) is 0 Å². The Labute approximate surface area is 97.3 Å². The zero-order valence-corrected chi connectivity index (χ0v) is 10.9. The predicted octanol–water partition coefficient (Wildman–Crippen LogP) is 2.48. The molecule has 1 rings (SSSR count). The van der Waals surface area contributed by atoms with Crippen molar-refractivity contribution in [1.29, 1.82) is 0 Å². The number of aromatic nitrogens is 2. The van der Waals surface area contributed by atoms with E-state index in [1.54, 1.807) is 0 Å². The van der Waals surface area contributed by atoms with Crippen LogP contribution in [0.15, 0.2) is 4.79 Å². The zero-order chi connectivity index (χ0) is 12.3. The van der Waals surface area contributed by atoms with E-state index in [0.717, 1.165) is 29.9 Å². The van der Waals surface area contributed by atoms with E-state index in [2.05, 4.69) is 37.7 Å². The molecule has 0 amide bonds. The molecule has 16 heavy (non-hydrogen) atoms. The van der Waals surface area contributed by atoms with Crippen molar-refractivity contribution < 1.29 is 0 Å². The van der Waals surface area contributed by atoms with Crippen LogP contribution in [0, 0.1) is 18.8 Å². The van der Waals surface area contributed by atoms with E-state index >= 15 is 0 Å². The van der Waals surface area contributed by atoms with Crippen LogP contribution in [0.2, 0.25) is 0 Å². The Kier molecular flexibility index (Phi) is 4.27. The molecule has 0 aromatic carbocycles. The fourth-order valence-electron chi connectivity index (χ4n) is 1.70. The van der Waals surface area contributed by atoms with Crippen molar-refractivity contribution in [2.75, 3.05) is 0 Å². The summed E-state index contributed by atoms with van der Waals surface area (Å²) in [4.78, 5) is 19.1. The van der Waals surface area contributed by atoms with E-state index in [9.17, 15) is 4.79 Å². The Bertz CT molecular complexity index is 405. The molecule has 0 spiro atoms. The van der Waals surface area contributed by atoms with Crippen molar-refractivity contribution in [2.45, 2.75) is 47.5 Å². The summed E-state index contributed by atoms with van der Waals surface area (Å²) in [5, 5.41) is 0. The van der Waals surface area contributed by atoms with Crippen LogP contribution in [0.25, 0.3) is 0 Å². The summed E-state index contributed by atoms with van der Waals surface area (Å²) in [6.45, 7) is 10.4. The van der Waals surface area contributed by atoms with Crippen LogP contribution in [-0.4, -0.2) is 9.97 Å². The van der Waals surface area contributed by atoms with Crippen molar-refractivity contribution in [2.24, 2.45) is 11.8 Å². The van der Waals surface area contributed by atoms with E-state index in [-0.39, 0.29) is 5.56 Å². The Hall–Kier alpha value is -1.12. The van der Waals surface area contributed by atoms with Gasteiger partial charge in [-0.3, -0.25) is 4.79 Å². The molecule has 1 heterocycles. The fraction of sp³-hybridized carbons (Fsp3) is 0.692. The third-order valence-electron chi connectivity index (χ3n) is 2.50. The fourth-order valence-corrected chi connectivity index (χ4v) is 1.70. The second kappa shape index (κ2) is 5.28. The molecule has 0 aliphatic carbocycles. The highest BCUT2D eigenvalue weighted by molar-refractivity contribution is 5.16. The van der Waals surface area contributed by atoms with Gasteiger partial charge < -0.3 is 4.98 Å². The van der Waals surface area contributed by atoms with Crippen molar-refractivity contribution >= 4 is 0 Å². The highest BCUT2D eigenvalue weighted by Crippen LogP contribution is 2.09. The molecule has 0 saturated heterocycles. The third-order valence-corrected chi connectivity index (χ3v) is 2.50. The minimum absolute atomic E-state index is 0.0151. The van der Waals surface area contributed by atoms with Gasteiger partial charge in [0.25, 0.3) is 5.56 Å². The monoisotopic (exact) mass is 222 g/mol. The predicted molar refractivity (Wildman–Crippen MR) is 66.7 cm³/mol. The van der Waals surface area contributed by atoms with E-state index in [1.165, 1.54) is 0 Å².